The van der Waals surface area contributed by atoms with E-state index in [0.717, 1.165) is 12.1 Å². The van der Waals surface area contributed by atoms with E-state index in [4.69, 9.17) is 4.74 Å². The summed E-state index contributed by atoms with van der Waals surface area (Å²) in [6.45, 7) is 1.85. The molecule has 6 heteroatoms. The molecule has 0 N–H and O–H groups in total. The summed E-state index contributed by atoms with van der Waals surface area (Å²) in [5.41, 5.74) is -1.35. The molecule has 0 fully saturated rings. The van der Waals surface area contributed by atoms with Crippen LogP contribution in [0.1, 0.15) is 31.7 Å². The molecule has 0 aliphatic heterocycles. The zero-order chi connectivity index (χ0) is 14.5. The number of alkyl halides is 3. The Bertz CT molecular complexity index is 441. The fourth-order valence-corrected chi connectivity index (χ4v) is 1.45. The van der Waals surface area contributed by atoms with E-state index in [2.05, 4.69) is 0 Å². The lowest BCUT2D eigenvalue weighted by Crippen LogP contribution is -2.09. The molecule has 0 atom stereocenters. The summed E-state index contributed by atoms with van der Waals surface area (Å²) in [6.07, 6.45) is -3.58. The van der Waals surface area contributed by atoms with Crippen molar-refractivity contribution in [2.24, 2.45) is 0 Å². The molecule has 1 rings (SSSR count). The monoisotopic (exact) mass is 278 g/mol. The van der Waals surface area contributed by atoms with Gasteiger partial charge in [0, 0.05) is 12.8 Å². The van der Waals surface area contributed by atoms with E-state index < -0.39 is 17.6 Å². The summed E-state index contributed by atoms with van der Waals surface area (Å²) in [4.78, 5) is 11.0. The minimum atomic E-state index is -4.75. The van der Waals surface area contributed by atoms with Crippen LogP contribution in [0.5, 0.6) is 5.75 Å². The van der Waals surface area contributed by atoms with Gasteiger partial charge in [0.15, 0.2) is 0 Å². The second kappa shape index (κ2) is 6.54. The van der Waals surface area contributed by atoms with Crippen molar-refractivity contribution in [3.05, 3.63) is 29.6 Å². The van der Waals surface area contributed by atoms with E-state index in [1.165, 1.54) is 0 Å². The third-order valence-corrected chi connectivity index (χ3v) is 2.51. The van der Waals surface area contributed by atoms with Gasteiger partial charge in [-0.2, -0.15) is 13.2 Å². The highest BCUT2D eigenvalue weighted by atomic mass is 19.4. The molecule has 0 heterocycles. The Balaban J connectivity index is 2.58. The van der Waals surface area contributed by atoms with Crippen molar-refractivity contribution >= 4 is 5.78 Å². The van der Waals surface area contributed by atoms with Gasteiger partial charge in [-0.25, -0.2) is 4.39 Å². The number of hydrogen-bond donors (Lipinski definition) is 0. The molecule has 19 heavy (non-hydrogen) atoms. The number of Topliss-reactive ketones (excluding diaryl/α,β-unsaturated/α-hetero) is 1. The van der Waals surface area contributed by atoms with Gasteiger partial charge in [-0.15, -0.1) is 0 Å². The highest BCUT2D eigenvalue weighted by molar-refractivity contribution is 5.77. The van der Waals surface area contributed by atoms with Gasteiger partial charge in [-0.3, -0.25) is 4.79 Å². The Kier molecular flexibility index (Phi) is 5.32. The van der Waals surface area contributed by atoms with Crippen LogP contribution in [0.15, 0.2) is 18.2 Å². The summed E-state index contributed by atoms with van der Waals surface area (Å²) < 4.78 is 55.3. The minimum absolute atomic E-state index is 0.0577. The summed E-state index contributed by atoms with van der Waals surface area (Å²) in [5, 5.41) is 0. The Morgan fingerprint density at radius 3 is 2.58 bits per heavy atom. The zero-order valence-corrected chi connectivity index (χ0v) is 10.4. The average molecular weight is 278 g/mol. The van der Waals surface area contributed by atoms with E-state index >= 15 is 0 Å². The Labute approximate surface area is 108 Å². The predicted molar refractivity (Wildman–Crippen MR) is 61.4 cm³/mol. The molecule has 1 aromatic carbocycles. The van der Waals surface area contributed by atoms with E-state index in [9.17, 15) is 22.4 Å². The van der Waals surface area contributed by atoms with Crippen molar-refractivity contribution in [3.63, 3.8) is 0 Å². The average Bonchev–Trinajstić information content (AvgIpc) is 2.34. The van der Waals surface area contributed by atoms with Crippen LogP contribution in [0.3, 0.4) is 0 Å². The van der Waals surface area contributed by atoms with Crippen LogP contribution in [0.25, 0.3) is 0 Å². The highest BCUT2D eigenvalue weighted by Crippen LogP contribution is 2.33. The second-order valence-electron chi connectivity index (χ2n) is 3.98. The van der Waals surface area contributed by atoms with Crippen molar-refractivity contribution in [3.8, 4) is 5.75 Å². The van der Waals surface area contributed by atoms with E-state index in [0.29, 0.717) is 25.3 Å². The van der Waals surface area contributed by atoms with Gasteiger partial charge < -0.3 is 4.74 Å². The Hall–Kier alpha value is -1.59. The molecule has 106 valence electrons. The standard InChI is InChI=1S/C13H14F4O2/c1-2-9(18)4-3-7-19-10-5-6-12(14)11(8-10)13(15,16)17/h5-6,8H,2-4,7H2,1H3. The number of carbonyl (C=O) groups is 1. The molecule has 0 aliphatic rings. The first kappa shape index (κ1) is 15.5. The van der Waals surface area contributed by atoms with Crippen LogP contribution >= 0.6 is 0 Å². The molecular formula is C13H14F4O2. The first-order valence-corrected chi connectivity index (χ1v) is 5.86. The number of hydrogen-bond acceptors (Lipinski definition) is 2. The van der Waals surface area contributed by atoms with Crippen molar-refractivity contribution in [1.29, 1.82) is 0 Å². The van der Waals surface area contributed by atoms with E-state index in [1.54, 1.807) is 6.92 Å². The molecule has 1 aromatic rings. The van der Waals surface area contributed by atoms with Crippen LogP contribution in [0, 0.1) is 5.82 Å². The SMILES string of the molecule is CCC(=O)CCCOc1ccc(F)c(C(F)(F)F)c1. The largest absolute Gasteiger partial charge is 0.494 e. The molecule has 2 nitrogen and oxygen atoms in total. The van der Waals surface area contributed by atoms with Gasteiger partial charge >= 0.3 is 6.18 Å². The van der Waals surface area contributed by atoms with Gasteiger partial charge in [-0.05, 0) is 24.6 Å². The smallest absolute Gasteiger partial charge is 0.419 e. The molecule has 0 saturated heterocycles. The van der Waals surface area contributed by atoms with Gasteiger partial charge in [-0.1, -0.05) is 6.92 Å². The summed E-state index contributed by atoms with van der Waals surface area (Å²) >= 11 is 0. The molecule has 0 aromatic heterocycles. The maximum absolute atomic E-state index is 13.0. The third-order valence-electron chi connectivity index (χ3n) is 2.51. The highest BCUT2D eigenvalue weighted by Gasteiger charge is 2.34. The summed E-state index contributed by atoms with van der Waals surface area (Å²) in [7, 11) is 0. The minimum Gasteiger partial charge on any atom is -0.494 e. The van der Waals surface area contributed by atoms with Gasteiger partial charge in [0.1, 0.15) is 17.3 Å². The van der Waals surface area contributed by atoms with Gasteiger partial charge in [0.2, 0.25) is 0 Å². The van der Waals surface area contributed by atoms with Crippen molar-refractivity contribution in [1.82, 2.24) is 0 Å². The lowest BCUT2D eigenvalue weighted by atomic mass is 10.2. The first-order chi connectivity index (χ1) is 8.84. The fraction of sp³-hybridized carbons (Fsp3) is 0.462. The summed E-state index contributed by atoms with van der Waals surface area (Å²) in [5.74, 6) is -1.32. The normalized spacial score (nSPS) is 11.4. The number of halogens is 4. The number of rotatable bonds is 6. The lowest BCUT2D eigenvalue weighted by molar-refractivity contribution is -0.140. The molecule has 0 saturated carbocycles. The fourth-order valence-electron chi connectivity index (χ4n) is 1.45. The molecule has 0 bridgehead atoms. The van der Waals surface area contributed by atoms with Crippen LogP contribution in [0.4, 0.5) is 17.6 Å². The number of carbonyl (C=O) groups excluding carboxylic acids is 1. The van der Waals surface area contributed by atoms with Gasteiger partial charge in [0.05, 0.1) is 12.2 Å². The van der Waals surface area contributed by atoms with Gasteiger partial charge in [0.25, 0.3) is 0 Å². The number of benzene rings is 1. The molecular weight excluding hydrogens is 264 g/mol. The van der Waals surface area contributed by atoms with Crippen LogP contribution in [0.2, 0.25) is 0 Å². The quantitative estimate of drug-likeness (QED) is 0.581. The number of ketones is 1. The van der Waals surface area contributed by atoms with Crippen LogP contribution in [-0.2, 0) is 11.0 Å². The third kappa shape index (κ3) is 4.89. The van der Waals surface area contributed by atoms with Crippen molar-refractivity contribution in [2.45, 2.75) is 32.4 Å². The molecule has 0 radical (unpaired) electrons. The topological polar surface area (TPSA) is 26.3 Å². The maximum Gasteiger partial charge on any atom is 0.419 e. The van der Waals surface area contributed by atoms with Crippen molar-refractivity contribution in [2.75, 3.05) is 6.61 Å². The van der Waals surface area contributed by atoms with Crippen LogP contribution < -0.4 is 4.74 Å². The molecule has 0 unspecified atom stereocenters. The van der Waals surface area contributed by atoms with Crippen LogP contribution in [-0.4, -0.2) is 12.4 Å². The molecule has 0 aliphatic carbocycles. The Morgan fingerprint density at radius 1 is 1.32 bits per heavy atom. The molecule has 0 spiro atoms. The number of ether oxygens (including phenoxy) is 1. The lowest BCUT2D eigenvalue weighted by Gasteiger charge is -2.11. The maximum atomic E-state index is 13.0. The van der Waals surface area contributed by atoms with Crippen molar-refractivity contribution < 1.29 is 27.1 Å². The second-order valence-corrected chi connectivity index (χ2v) is 3.98. The Morgan fingerprint density at radius 2 is 2.00 bits per heavy atom. The first-order valence-electron chi connectivity index (χ1n) is 5.86. The van der Waals surface area contributed by atoms with E-state index in [1.807, 2.05) is 0 Å². The molecule has 0 amide bonds. The van der Waals surface area contributed by atoms with E-state index in [-0.39, 0.29) is 18.1 Å². The predicted octanol–water partition coefficient (Wildman–Crippen LogP) is 3.98. The summed E-state index contributed by atoms with van der Waals surface area (Å²) in [6, 6.07) is 2.47. The zero-order valence-electron chi connectivity index (χ0n) is 10.4.